The highest BCUT2D eigenvalue weighted by molar-refractivity contribution is 6.01. The molecule has 1 aliphatic heterocycles. The van der Waals surface area contributed by atoms with Crippen LogP contribution in [0.3, 0.4) is 0 Å². The third-order valence-corrected chi connectivity index (χ3v) is 4.97. The smallest absolute Gasteiger partial charge is 0.293 e. The first-order chi connectivity index (χ1) is 15.6. The van der Waals surface area contributed by atoms with Crippen LogP contribution in [0.2, 0.25) is 0 Å². The first-order valence-corrected chi connectivity index (χ1v) is 10.0. The lowest BCUT2D eigenvalue weighted by Gasteiger charge is -2.05. The van der Waals surface area contributed by atoms with Gasteiger partial charge in [-0.3, -0.25) is 10.1 Å². The van der Waals surface area contributed by atoms with Crippen LogP contribution in [0.25, 0.3) is 0 Å². The van der Waals surface area contributed by atoms with E-state index in [9.17, 15) is 4.79 Å². The molecule has 1 N–H and O–H groups in total. The van der Waals surface area contributed by atoms with Crippen LogP contribution in [-0.4, -0.2) is 27.5 Å². The molecule has 4 aromatic rings. The summed E-state index contributed by atoms with van der Waals surface area (Å²) in [6.45, 7) is 2.97. The van der Waals surface area contributed by atoms with Crippen LogP contribution in [0.4, 0.5) is 5.95 Å². The van der Waals surface area contributed by atoms with E-state index in [1.54, 1.807) is 41.3 Å². The van der Waals surface area contributed by atoms with Crippen molar-refractivity contribution in [1.29, 1.82) is 0 Å². The fourth-order valence-corrected chi connectivity index (χ4v) is 3.25. The summed E-state index contributed by atoms with van der Waals surface area (Å²) in [5.74, 6) is 2.35. The van der Waals surface area contributed by atoms with Crippen LogP contribution in [0.1, 0.15) is 27.4 Å². The van der Waals surface area contributed by atoms with Gasteiger partial charge in [0.15, 0.2) is 17.3 Å². The Kier molecular flexibility index (Phi) is 5.20. The zero-order valence-corrected chi connectivity index (χ0v) is 17.3. The summed E-state index contributed by atoms with van der Waals surface area (Å²) < 4.78 is 23.6. The SMILES string of the molecule is Cc1ccccc1Cn1cnc(NC(=O)c2ccc(COc3ccc4c(c3)OCO4)o2)n1. The molecule has 0 fully saturated rings. The standard InChI is InChI=1S/C23H20N4O5/c1-15-4-2-3-5-16(15)11-27-13-24-23(26-27)25-22(28)20-9-7-18(32-20)12-29-17-6-8-19-21(10-17)31-14-30-19/h2-10,13H,11-12,14H2,1H3,(H,25,26,28). The van der Waals surface area contributed by atoms with Crippen molar-refractivity contribution in [3.63, 3.8) is 0 Å². The van der Waals surface area contributed by atoms with Gasteiger partial charge in [0.2, 0.25) is 12.7 Å². The summed E-state index contributed by atoms with van der Waals surface area (Å²) >= 11 is 0. The number of hydrogen-bond donors (Lipinski definition) is 1. The molecule has 0 radical (unpaired) electrons. The summed E-state index contributed by atoms with van der Waals surface area (Å²) in [6.07, 6.45) is 1.58. The second-order valence-corrected chi connectivity index (χ2v) is 7.22. The van der Waals surface area contributed by atoms with E-state index in [4.69, 9.17) is 18.6 Å². The number of aryl methyl sites for hydroxylation is 1. The molecule has 2 aromatic heterocycles. The molecule has 0 saturated carbocycles. The number of carbonyl (C=O) groups excluding carboxylic acids is 1. The highest BCUT2D eigenvalue weighted by Gasteiger charge is 2.16. The largest absolute Gasteiger partial charge is 0.486 e. The molecule has 9 heteroatoms. The number of amides is 1. The van der Waals surface area contributed by atoms with Crippen LogP contribution < -0.4 is 19.5 Å². The lowest BCUT2D eigenvalue weighted by molar-refractivity contribution is 0.0991. The van der Waals surface area contributed by atoms with Crippen molar-refractivity contribution in [2.45, 2.75) is 20.1 Å². The average Bonchev–Trinajstić information content (AvgIpc) is 3.54. The molecular weight excluding hydrogens is 412 g/mol. The number of hydrogen-bond acceptors (Lipinski definition) is 7. The number of aromatic nitrogens is 3. The molecule has 0 spiro atoms. The molecule has 1 aliphatic rings. The van der Waals surface area contributed by atoms with E-state index < -0.39 is 5.91 Å². The predicted octanol–water partition coefficient (Wildman–Crippen LogP) is 3.79. The Labute approximate surface area is 183 Å². The number of rotatable bonds is 7. The van der Waals surface area contributed by atoms with Crippen LogP contribution in [0.15, 0.2) is 65.3 Å². The maximum Gasteiger partial charge on any atom is 0.293 e. The Morgan fingerprint density at radius 3 is 2.91 bits per heavy atom. The quantitative estimate of drug-likeness (QED) is 0.474. The Bertz CT molecular complexity index is 1260. The summed E-state index contributed by atoms with van der Waals surface area (Å²) in [4.78, 5) is 16.6. The molecule has 0 atom stereocenters. The zero-order valence-electron chi connectivity index (χ0n) is 17.3. The van der Waals surface area contributed by atoms with E-state index >= 15 is 0 Å². The van der Waals surface area contributed by atoms with Gasteiger partial charge in [-0.15, -0.1) is 5.10 Å². The summed E-state index contributed by atoms with van der Waals surface area (Å²) in [5.41, 5.74) is 2.30. The van der Waals surface area contributed by atoms with Crippen molar-refractivity contribution in [2.75, 3.05) is 12.1 Å². The Morgan fingerprint density at radius 1 is 1.12 bits per heavy atom. The fourth-order valence-electron chi connectivity index (χ4n) is 3.25. The first kappa shape index (κ1) is 19.7. The van der Waals surface area contributed by atoms with Gasteiger partial charge in [-0.25, -0.2) is 9.67 Å². The van der Waals surface area contributed by atoms with Gasteiger partial charge in [0.05, 0.1) is 6.54 Å². The summed E-state index contributed by atoms with van der Waals surface area (Å²) in [5, 5.41) is 6.96. The van der Waals surface area contributed by atoms with Crippen molar-refractivity contribution in [1.82, 2.24) is 14.8 Å². The summed E-state index contributed by atoms with van der Waals surface area (Å²) in [7, 11) is 0. The lowest BCUT2D eigenvalue weighted by atomic mass is 10.1. The molecule has 162 valence electrons. The number of anilines is 1. The number of fused-ring (bicyclic) bond motifs is 1. The molecule has 32 heavy (non-hydrogen) atoms. The van der Waals surface area contributed by atoms with Gasteiger partial charge in [-0.2, -0.15) is 0 Å². The number of ether oxygens (including phenoxy) is 3. The maximum atomic E-state index is 12.5. The minimum atomic E-state index is -0.437. The normalized spacial score (nSPS) is 12.0. The van der Waals surface area contributed by atoms with E-state index in [2.05, 4.69) is 15.4 Å². The molecular formula is C23H20N4O5. The summed E-state index contributed by atoms with van der Waals surface area (Å²) in [6, 6.07) is 16.6. The minimum Gasteiger partial charge on any atom is -0.486 e. The van der Waals surface area contributed by atoms with Crippen LogP contribution in [0, 0.1) is 6.92 Å². The Morgan fingerprint density at radius 2 is 2.00 bits per heavy atom. The number of nitrogens with one attached hydrogen (secondary N) is 1. The molecule has 0 unspecified atom stereocenters. The molecule has 0 aliphatic carbocycles. The van der Waals surface area contributed by atoms with Crippen molar-refractivity contribution in [3.05, 3.63) is 83.6 Å². The number of benzene rings is 2. The average molecular weight is 432 g/mol. The van der Waals surface area contributed by atoms with Crippen molar-refractivity contribution in [3.8, 4) is 17.2 Å². The highest BCUT2D eigenvalue weighted by atomic mass is 16.7. The van der Waals surface area contributed by atoms with Crippen LogP contribution in [-0.2, 0) is 13.2 Å². The van der Waals surface area contributed by atoms with Gasteiger partial charge < -0.3 is 18.6 Å². The fraction of sp³-hybridized carbons (Fsp3) is 0.174. The Balaban J connectivity index is 1.17. The first-order valence-electron chi connectivity index (χ1n) is 10.0. The molecule has 5 rings (SSSR count). The second-order valence-electron chi connectivity index (χ2n) is 7.22. The van der Waals surface area contributed by atoms with Gasteiger partial charge in [-0.05, 0) is 42.3 Å². The number of furan rings is 1. The molecule has 1 amide bonds. The van der Waals surface area contributed by atoms with Crippen molar-refractivity contribution in [2.24, 2.45) is 0 Å². The van der Waals surface area contributed by atoms with E-state index in [-0.39, 0.29) is 25.1 Å². The molecule has 3 heterocycles. The molecule has 0 saturated heterocycles. The van der Waals surface area contributed by atoms with E-state index in [1.165, 1.54) is 5.56 Å². The van der Waals surface area contributed by atoms with Gasteiger partial charge in [0, 0.05) is 6.07 Å². The molecule has 9 nitrogen and oxygen atoms in total. The van der Waals surface area contributed by atoms with Gasteiger partial charge in [-0.1, -0.05) is 24.3 Å². The predicted molar refractivity (Wildman–Crippen MR) is 114 cm³/mol. The van der Waals surface area contributed by atoms with Crippen molar-refractivity contribution < 1.29 is 23.4 Å². The molecule has 2 aromatic carbocycles. The van der Waals surface area contributed by atoms with E-state index in [1.807, 2.05) is 31.2 Å². The third kappa shape index (κ3) is 4.27. The minimum absolute atomic E-state index is 0.143. The maximum absolute atomic E-state index is 12.5. The topological polar surface area (TPSA) is 101 Å². The van der Waals surface area contributed by atoms with Gasteiger partial charge in [0.1, 0.15) is 24.4 Å². The van der Waals surface area contributed by atoms with Crippen LogP contribution in [0.5, 0.6) is 17.2 Å². The van der Waals surface area contributed by atoms with E-state index in [0.29, 0.717) is 29.6 Å². The van der Waals surface area contributed by atoms with Gasteiger partial charge in [0.25, 0.3) is 5.91 Å². The molecule has 0 bridgehead atoms. The lowest BCUT2D eigenvalue weighted by Crippen LogP contribution is -2.12. The Hall–Kier alpha value is -4.27. The number of nitrogens with zero attached hydrogens (tertiary/aromatic N) is 3. The zero-order chi connectivity index (χ0) is 21.9. The van der Waals surface area contributed by atoms with Crippen molar-refractivity contribution >= 4 is 11.9 Å². The second kappa shape index (κ2) is 8.46. The number of carbonyl (C=O) groups is 1. The van der Waals surface area contributed by atoms with E-state index in [0.717, 1.165) is 5.56 Å². The monoisotopic (exact) mass is 432 g/mol. The highest BCUT2D eigenvalue weighted by Crippen LogP contribution is 2.35. The van der Waals surface area contributed by atoms with Crippen LogP contribution >= 0.6 is 0 Å². The van der Waals surface area contributed by atoms with Gasteiger partial charge >= 0.3 is 0 Å². The third-order valence-electron chi connectivity index (χ3n) is 4.97.